The van der Waals surface area contributed by atoms with E-state index in [1.807, 2.05) is 6.92 Å². The fourth-order valence-electron chi connectivity index (χ4n) is 2.25. The molecule has 0 aromatic heterocycles. The summed E-state index contributed by atoms with van der Waals surface area (Å²) in [6, 6.07) is 10.9. The number of amides is 1. The smallest absolute Gasteiger partial charge is 0.261 e. The van der Waals surface area contributed by atoms with Gasteiger partial charge in [-0.1, -0.05) is 6.92 Å². The van der Waals surface area contributed by atoms with Gasteiger partial charge in [0.1, 0.15) is 0 Å². The number of anilines is 2. The van der Waals surface area contributed by atoms with Crippen molar-refractivity contribution in [3.63, 3.8) is 0 Å². The Labute approximate surface area is 165 Å². The van der Waals surface area contributed by atoms with Crippen LogP contribution in [0.2, 0.25) is 0 Å². The number of hydrogen-bond donors (Lipinski definition) is 3. The summed E-state index contributed by atoms with van der Waals surface area (Å²) in [5.74, 6) is -0.258. The fraction of sp³-hybridized carbons (Fsp3) is 0.278. The molecule has 0 aliphatic heterocycles. The SMILES string of the molecule is CCC(C)NS(=O)(=O)c1ccc(NS(=O)(=O)c2ccc(NC(C)=O)cc2)cc1. The highest BCUT2D eigenvalue weighted by atomic mass is 32.2. The van der Waals surface area contributed by atoms with Gasteiger partial charge in [0.25, 0.3) is 10.0 Å². The molecule has 0 aliphatic carbocycles. The number of carbonyl (C=O) groups excluding carboxylic acids is 1. The van der Waals surface area contributed by atoms with Crippen LogP contribution in [-0.4, -0.2) is 28.8 Å². The van der Waals surface area contributed by atoms with Crippen LogP contribution >= 0.6 is 0 Å². The lowest BCUT2D eigenvalue weighted by Gasteiger charge is -2.13. The van der Waals surface area contributed by atoms with E-state index in [9.17, 15) is 21.6 Å². The lowest BCUT2D eigenvalue weighted by Crippen LogP contribution is -2.31. The van der Waals surface area contributed by atoms with Crippen molar-refractivity contribution < 1.29 is 21.6 Å². The number of rotatable bonds is 8. The molecular weight excluding hydrogens is 402 g/mol. The summed E-state index contributed by atoms with van der Waals surface area (Å²) >= 11 is 0. The van der Waals surface area contributed by atoms with E-state index in [4.69, 9.17) is 0 Å². The zero-order valence-electron chi connectivity index (χ0n) is 15.8. The van der Waals surface area contributed by atoms with Crippen LogP contribution in [0.15, 0.2) is 58.3 Å². The Morgan fingerprint density at radius 2 is 1.32 bits per heavy atom. The highest BCUT2D eigenvalue weighted by molar-refractivity contribution is 7.92. The fourth-order valence-corrected chi connectivity index (χ4v) is 4.64. The van der Waals surface area contributed by atoms with E-state index >= 15 is 0 Å². The lowest BCUT2D eigenvalue weighted by molar-refractivity contribution is -0.114. The Balaban J connectivity index is 2.15. The zero-order valence-corrected chi connectivity index (χ0v) is 17.4. The molecule has 1 atom stereocenters. The number of nitrogens with one attached hydrogen (secondary N) is 3. The average molecular weight is 426 g/mol. The first-order valence-electron chi connectivity index (χ1n) is 8.56. The van der Waals surface area contributed by atoms with Crippen LogP contribution in [0.3, 0.4) is 0 Å². The Kier molecular flexibility index (Phi) is 6.81. The Morgan fingerprint density at radius 3 is 1.79 bits per heavy atom. The van der Waals surface area contributed by atoms with E-state index in [1.54, 1.807) is 6.92 Å². The molecule has 0 radical (unpaired) electrons. The molecule has 10 heteroatoms. The monoisotopic (exact) mass is 425 g/mol. The van der Waals surface area contributed by atoms with Gasteiger partial charge in [-0.3, -0.25) is 9.52 Å². The van der Waals surface area contributed by atoms with Crippen LogP contribution in [0.25, 0.3) is 0 Å². The predicted molar refractivity (Wildman–Crippen MR) is 108 cm³/mol. The zero-order chi connectivity index (χ0) is 20.9. The second-order valence-electron chi connectivity index (χ2n) is 6.27. The number of hydrogen-bond acceptors (Lipinski definition) is 5. The van der Waals surface area contributed by atoms with Crippen molar-refractivity contribution in [2.75, 3.05) is 10.0 Å². The third-order valence-electron chi connectivity index (χ3n) is 3.87. The molecule has 3 N–H and O–H groups in total. The van der Waals surface area contributed by atoms with Crippen molar-refractivity contribution >= 4 is 37.3 Å². The Morgan fingerprint density at radius 1 is 0.857 bits per heavy atom. The molecule has 0 spiro atoms. The summed E-state index contributed by atoms with van der Waals surface area (Å²) in [4.78, 5) is 11.1. The minimum Gasteiger partial charge on any atom is -0.326 e. The summed E-state index contributed by atoms with van der Waals surface area (Å²) in [5.41, 5.74) is 0.711. The molecule has 2 aromatic carbocycles. The van der Waals surface area contributed by atoms with Gasteiger partial charge in [0.2, 0.25) is 15.9 Å². The van der Waals surface area contributed by atoms with E-state index in [1.165, 1.54) is 55.5 Å². The maximum absolute atomic E-state index is 12.5. The molecule has 8 nitrogen and oxygen atoms in total. The standard InChI is InChI=1S/C18H23N3O5S2/c1-4-13(2)20-27(23,24)17-11-7-16(8-12-17)21-28(25,26)18-9-5-15(6-10-18)19-14(3)22/h5-13,20-21H,4H2,1-3H3,(H,19,22). The third kappa shape index (κ3) is 5.78. The molecule has 0 heterocycles. The second kappa shape index (κ2) is 8.72. The van der Waals surface area contributed by atoms with Crippen molar-refractivity contribution in [3.8, 4) is 0 Å². The topological polar surface area (TPSA) is 121 Å². The lowest BCUT2D eigenvalue weighted by atomic mass is 10.3. The van der Waals surface area contributed by atoms with E-state index in [0.717, 1.165) is 0 Å². The largest absolute Gasteiger partial charge is 0.326 e. The molecule has 1 amide bonds. The minimum absolute atomic E-state index is 0.0109. The summed E-state index contributed by atoms with van der Waals surface area (Å²) in [5, 5.41) is 2.55. The highest BCUT2D eigenvalue weighted by Crippen LogP contribution is 2.20. The molecule has 0 saturated heterocycles. The van der Waals surface area contributed by atoms with Gasteiger partial charge < -0.3 is 5.32 Å². The van der Waals surface area contributed by atoms with Crippen molar-refractivity contribution in [1.82, 2.24) is 4.72 Å². The molecule has 0 saturated carbocycles. The van der Waals surface area contributed by atoms with Crippen LogP contribution in [0, 0.1) is 0 Å². The average Bonchev–Trinajstić information content (AvgIpc) is 2.61. The molecule has 0 aliphatic rings. The number of carbonyl (C=O) groups is 1. The first-order valence-corrected chi connectivity index (χ1v) is 11.5. The number of benzene rings is 2. The minimum atomic E-state index is -3.86. The third-order valence-corrected chi connectivity index (χ3v) is 6.87. The van der Waals surface area contributed by atoms with Crippen molar-refractivity contribution in [1.29, 1.82) is 0 Å². The van der Waals surface area contributed by atoms with Gasteiger partial charge in [0, 0.05) is 24.3 Å². The first kappa shape index (κ1) is 21.9. The van der Waals surface area contributed by atoms with Gasteiger partial charge in [0.05, 0.1) is 9.79 Å². The van der Waals surface area contributed by atoms with E-state index < -0.39 is 20.0 Å². The van der Waals surface area contributed by atoms with Crippen LogP contribution in [0.5, 0.6) is 0 Å². The van der Waals surface area contributed by atoms with E-state index in [-0.39, 0.29) is 27.4 Å². The highest BCUT2D eigenvalue weighted by Gasteiger charge is 2.18. The molecule has 28 heavy (non-hydrogen) atoms. The molecule has 2 rings (SSSR count). The van der Waals surface area contributed by atoms with E-state index in [2.05, 4.69) is 14.8 Å². The first-order chi connectivity index (χ1) is 13.0. The van der Waals surface area contributed by atoms with Gasteiger partial charge >= 0.3 is 0 Å². The maximum Gasteiger partial charge on any atom is 0.261 e. The normalized spacial score (nSPS) is 13.0. The van der Waals surface area contributed by atoms with Crippen LogP contribution in [-0.2, 0) is 24.8 Å². The molecule has 0 fully saturated rings. The van der Waals surface area contributed by atoms with Gasteiger partial charge in [-0.25, -0.2) is 21.6 Å². The maximum atomic E-state index is 12.5. The van der Waals surface area contributed by atoms with Crippen LogP contribution in [0.4, 0.5) is 11.4 Å². The molecule has 2 aromatic rings. The summed E-state index contributed by atoms with van der Waals surface area (Å²) < 4.78 is 54.4. The molecule has 152 valence electrons. The van der Waals surface area contributed by atoms with E-state index in [0.29, 0.717) is 12.1 Å². The second-order valence-corrected chi connectivity index (χ2v) is 9.66. The Bertz CT molecular complexity index is 1030. The van der Waals surface area contributed by atoms with Gasteiger partial charge in [-0.05, 0) is 61.9 Å². The van der Waals surface area contributed by atoms with Crippen LogP contribution < -0.4 is 14.8 Å². The van der Waals surface area contributed by atoms with Gasteiger partial charge in [0.15, 0.2) is 0 Å². The molecule has 0 bridgehead atoms. The van der Waals surface area contributed by atoms with Crippen LogP contribution in [0.1, 0.15) is 27.2 Å². The predicted octanol–water partition coefficient (Wildman–Crippen LogP) is 2.52. The van der Waals surface area contributed by atoms with Gasteiger partial charge in [-0.15, -0.1) is 0 Å². The Hall–Kier alpha value is -2.43. The summed E-state index contributed by atoms with van der Waals surface area (Å²) in [6.45, 7) is 4.99. The quantitative estimate of drug-likeness (QED) is 0.600. The number of sulfonamides is 2. The van der Waals surface area contributed by atoms with Crippen molar-refractivity contribution in [2.24, 2.45) is 0 Å². The molecule has 1 unspecified atom stereocenters. The summed E-state index contributed by atoms with van der Waals surface area (Å²) in [7, 11) is -7.52. The van der Waals surface area contributed by atoms with Crippen molar-refractivity contribution in [2.45, 2.75) is 43.0 Å². The van der Waals surface area contributed by atoms with Crippen molar-refractivity contribution in [3.05, 3.63) is 48.5 Å². The summed E-state index contributed by atoms with van der Waals surface area (Å²) in [6.07, 6.45) is 0.651. The molecular formula is C18H23N3O5S2. The van der Waals surface area contributed by atoms with Gasteiger partial charge in [-0.2, -0.15) is 0 Å².